The van der Waals surface area contributed by atoms with Crippen LogP contribution in [0.2, 0.25) is 0 Å². The van der Waals surface area contributed by atoms with Crippen molar-refractivity contribution in [3.63, 3.8) is 0 Å². The second-order valence-electron chi connectivity index (χ2n) is 4.60. The summed E-state index contributed by atoms with van der Waals surface area (Å²) in [5.41, 5.74) is 2.40. The zero-order valence-electron chi connectivity index (χ0n) is 11.9. The van der Waals surface area contributed by atoms with E-state index in [2.05, 4.69) is 18.3 Å². The Morgan fingerprint density at radius 2 is 2.06 bits per heavy atom. The van der Waals surface area contributed by atoms with Crippen LogP contribution in [0.25, 0.3) is 6.08 Å². The summed E-state index contributed by atoms with van der Waals surface area (Å²) in [6.07, 6.45) is 2.28. The molecule has 1 N–H and O–H groups in total. The molecule has 0 amide bonds. The Bertz CT molecular complexity index is 411. The summed E-state index contributed by atoms with van der Waals surface area (Å²) in [5, 5.41) is 3.13. The lowest BCUT2D eigenvalue weighted by Crippen LogP contribution is -2.08. The van der Waals surface area contributed by atoms with Gasteiger partial charge < -0.3 is 14.8 Å². The molecule has 100 valence electrons. The highest BCUT2D eigenvalue weighted by molar-refractivity contribution is 5.58. The van der Waals surface area contributed by atoms with Crippen molar-refractivity contribution in [1.29, 1.82) is 0 Å². The Balaban J connectivity index is 2.94. The van der Waals surface area contributed by atoms with Crippen LogP contribution in [0.1, 0.15) is 26.3 Å². The average Bonchev–Trinajstić information content (AvgIpc) is 2.30. The molecule has 3 heteroatoms. The molecule has 0 heterocycles. The fourth-order valence-electron chi connectivity index (χ4n) is 1.74. The van der Waals surface area contributed by atoms with Gasteiger partial charge in [0.2, 0.25) is 0 Å². The highest BCUT2D eigenvalue weighted by atomic mass is 16.5. The van der Waals surface area contributed by atoms with Crippen LogP contribution >= 0.6 is 0 Å². The Hall–Kier alpha value is -1.48. The minimum absolute atomic E-state index is 0.145. The summed E-state index contributed by atoms with van der Waals surface area (Å²) in [4.78, 5) is 0. The molecule has 0 spiro atoms. The van der Waals surface area contributed by atoms with Gasteiger partial charge in [-0.05, 0) is 45.5 Å². The number of hydrogen-bond donors (Lipinski definition) is 1. The van der Waals surface area contributed by atoms with E-state index in [4.69, 9.17) is 9.47 Å². The molecule has 0 atom stereocenters. The Kier molecular flexibility index (Phi) is 5.72. The van der Waals surface area contributed by atoms with Crippen molar-refractivity contribution < 1.29 is 9.47 Å². The monoisotopic (exact) mass is 249 g/mol. The minimum atomic E-state index is 0.145. The van der Waals surface area contributed by atoms with Gasteiger partial charge >= 0.3 is 0 Å². The van der Waals surface area contributed by atoms with Crippen molar-refractivity contribution in [1.82, 2.24) is 5.32 Å². The first-order valence-corrected chi connectivity index (χ1v) is 6.23. The first kappa shape index (κ1) is 14.6. The molecule has 0 aliphatic heterocycles. The summed E-state index contributed by atoms with van der Waals surface area (Å²) in [6.45, 7) is 6.99. The third kappa shape index (κ3) is 4.41. The SMILES string of the molecule is CNCC(C)=Cc1ccc(OC(C)C)c(OC)c1. The Morgan fingerprint density at radius 1 is 1.33 bits per heavy atom. The molecule has 0 saturated carbocycles. The first-order valence-electron chi connectivity index (χ1n) is 6.23. The maximum atomic E-state index is 5.69. The number of nitrogens with one attached hydrogen (secondary N) is 1. The predicted molar refractivity (Wildman–Crippen MR) is 76.3 cm³/mol. The Morgan fingerprint density at radius 3 is 2.61 bits per heavy atom. The van der Waals surface area contributed by atoms with Crippen molar-refractivity contribution in [2.45, 2.75) is 26.9 Å². The van der Waals surface area contributed by atoms with Crippen molar-refractivity contribution in [3.8, 4) is 11.5 Å². The molecule has 0 saturated heterocycles. The lowest BCUT2D eigenvalue weighted by molar-refractivity contribution is 0.230. The highest BCUT2D eigenvalue weighted by Crippen LogP contribution is 2.29. The van der Waals surface area contributed by atoms with E-state index in [1.54, 1.807) is 7.11 Å². The molecule has 1 aromatic carbocycles. The van der Waals surface area contributed by atoms with Gasteiger partial charge in [0.15, 0.2) is 11.5 Å². The summed E-state index contributed by atoms with van der Waals surface area (Å²) in [5.74, 6) is 1.56. The quantitative estimate of drug-likeness (QED) is 0.840. The predicted octanol–water partition coefficient (Wildman–Crippen LogP) is 3.11. The molecule has 0 radical (unpaired) electrons. The van der Waals surface area contributed by atoms with Crippen molar-refractivity contribution in [3.05, 3.63) is 29.3 Å². The van der Waals surface area contributed by atoms with E-state index in [0.717, 1.165) is 23.6 Å². The van der Waals surface area contributed by atoms with Gasteiger partial charge in [-0.3, -0.25) is 0 Å². The standard InChI is InChI=1S/C15H23NO2/c1-11(2)18-14-7-6-13(9-15(14)17-5)8-12(3)10-16-4/h6-9,11,16H,10H2,1-5H3. The van der Waals surface area contributed by atoms with E-state index < -0.39 is 0 Å². The number of hydrogen-bond acceptors (Lipinski definition) is 3. The van der Waals surface area contributed by atoms with Gasteiger partial charge in [0, 0.05) is 6.54 Å². The molecule has 0 aromatic heterocycles. The lowest BCUT2D eigenvalue weighted by Gasteiger charge is -2.14. The van der Waals surface area contributed by atoms with Gasteiger partial charge in [-0.15, -0.1) is 0 Å². The van der Waals surface area contributed by atoms with E-state index >= 15 is 0 Å². The van der Waals surface area contributed by atoms with Crippen LogP contribution in [-0.2, 0) is 0 Å². The lowest BCUT2D eigenvalue weighted by atomic mass is 10.1. The van der Waals surface area contributed by atoms with Crippen molar-refractivity contribution in [2.24, 2.45) is 0 Å². The first-order chi connectivity index (χ1) is 8.56. The van der Waals surface area contributed by atoms with Crippen LogP contribution in [-0.4, -0.2) is 26.8 Å². The third-order valence-corrected chi connectivity index (χ3v) is 2.42. The largest absolute Gasteiger partial charge is 0.493 e. The van der Waals surface area contributed by atoms with E-state index in [1.165, 1.54) is 5.57 Å². The fourth-order valence-corrected chi connectivity index (χ4v) is 1.74. The van der Waals surface area contributed by atoms with E-state index in [1.807, 2.05) is 39.1 Å². The zero-order valence-corrected chi connectivity index (χ0v) is 11.9. The van der Waals surface area contributed by atoms with Gasteiger partial charge in [-0.25, -0.2) is 0 Å². The maximum Gasteiger partial charge on any atom is 0.161 e. The molecule has 0 aliphatic carbocycles. The molecule has 3 nitrogen and oxygen atoms in total. The van der Waals surface area contributed by atoms with Crippen LogP contribution in [0, 0.1) is 0 Å². The molecular weight excluding hydrogens is 226 g/mol. The van der Waals surface area contributed by atoms with Gasteiger partial charge in [0.05, 0.1) is 13.2 Å². The van der Waals surface area contributed by atoms with Gasteiger partial charge in [0.25, 0.3) is 0 Å². The molecule has 0 aliphatic rings. The second-order valence-corrected chi connectivity index (χ2v) is 4.60. The van der Waals surface area contributed by atoms with Gasteiger partial charge in [-0.2, -0.15) is 0 Å². The fraction of sp³-hybridized carbons (Fsp3) is 0.467. The number of ether oxygens (including phenoxy) is 2. The molecule has 0 fully saturated rings. The van der Waals surface area contributed by atoms with Gasteiger partial charge in [0.1, 0.15) is 0 Å². The second kappa shape index (κ2) is 7.07. The van der Waals surface area contributed by atoms with Gasteiger partial charge in [-0.1, -0.05) is 17.7 Å². The summed E-state index contributed by atoms with van der Waals surface area (Å²) in [6, 6.07) is 5.99. The van der Waals surface area contributed by atoms with Crippen molar-refractivity contribution >= 4 is 6.08 Å². The third-order valence-electron chi connectivity index (χ3n) is 2.42. The van der Waals surface area contributed by atoms with Crippen LogP contribution in [0.5, 0.6) is 11.5 Å². The van der Waals surface area contributed by atoms with Crippen LogP contribution in [0.3, 0.4) is 0 Å². The summed E-state index contributed by atoms with van der Waals surface area (Å²) >= 11 is 0. The Labute approximate surface area is 110 Å². The summed E-state index contributed by atoms with van der Waals surface area (Å²) < 4.78 is 11.0. The molecule has 0 unspecified atom stereocenters. The molecular formula is C15H23NO2. The molecule has 0 bridgehead atoms. The topological polar surface area (TPSA) is 30.5 Å². The zero-order chi connectivity index (χ0) is 13.5. The van der Waals surface area contributed by atoms with Crippen LogP contribution in [0.15, 0.2) is 23.8 Å². The molecule has 18 heavy (non-hydrogen) atoms. The smallest absolute Gasteiger partial charge is 0.161 e. The maximum absolute atomic E-state index is 5.69. The normalized spacial score (nSPS) is 11.8. The van der Waals surface area contributed by atoms with E-state index in [-0.39, 0.29) is 6.10 Å². The van der Waals surface area contributed by atoms with E-state index in [9.17, 15) is 0 Å². The van der Waals surface area contributed by atoms with Crippen LogP contribution in [0.4, 0.5) is 0 Å². The number of likely N-dealkylation sites (N-methyl/N-ethyl adjacent to an activating group) is 1. The highest BCUT2D eigenvalue weighted by Gasteiger charge is 2.06. The number of methoxy groups -OCH3 is 1. The minimum Gasteiger partial charge on any atom is -0.493 e. The molecule has 1 rings (SSSR count). The average molecular weight is 249 g/mol. The van der Waals surface area contributed by atoms with Crippen molar-refractivity contribution in [2.75, 3.05) is 20.7 Å². The summed E-state index contributed by atoms with van der Waals surface area (Å²) in [7, 11) is 3.61. The van der Waals surface area contributed by atoms with E-state index in [0.29, 0.717) is 0 Å². The van der Waals surface area contributed by atoms with Crippen LogP contribution < -0.4 is 14.8 Å². The number of benzene rings is 1. The number of rotatable bonds is 6. The molecule has 1 aromatic rings.